The fourth-order valence-corrected chi connectivity index (χ4v) is 1.64. The molecule has 0 saturated carbocycles. The van der Waals surface area contributed by atoms with E-state index >= 15 is 0 Å². The van der Waals surface area contributed by atoms with Crippen molar-refractivity contribution in [2.75, 3.05) is 0 Å². The monoisotopic (exact) mass is 274 g/mol. The molecule has 108 valence electrons. The number of hydrogen-bond donors (Lipinski definition) is 4. The molecule has 0 bridgehead atoms. The smallest absolute Gasteiger partial charge is 0.332 e. The van der Waals surface area contributed by atoms with E-state index in [0.717, 1.165) is 6.08 Å². The van der Waals surface area contributed by atoms with E-state index in [1.54, 1.807) is 13.8 Å². The number of carbonyl (C=O) groups is 1. The number of carbonyl (C=O) groups excluding carboxylic acids is 1. The van der Waals surface area contributed by atoms with Gasteiger partial charge in [0.05, 0.1) is 0 Å². The predicted octanol–water partition coefficient (Wildman–Crippen LogP) is -0.625. The molecule has 5 atom stereocenters. The van der Waals surface area contributed by atoms with Crippen LogP contribution in [0.5, 0.6) is 0 Å². The van der Waals surface area contributed by atoms with Gasteiger partial charge in [-0.25, -0.2) is 4.79 Å². The Morgan fingerprint density at radius 2 is 1.95 bits per heavy atom. The standard InChI is InChI=1S/C12H18O7/c1-4-6(13)18-12-10(17)9(16)11(19-12)8(15)7(14)5(2)3/h4,8-12,14-17H,1H2,2-3H3/t8-,9-,10-,11-,12?/m1/s1. The Labute approximate surface area is 110 Å². The fraction of sp³-hybridized carbons (Fsp3) is 0.583. The molecule has 1 aliphatic heterocycles. The molecule has 0 aliphatic carbocycles. The van der Waals surface area contributed by atoms with Crippen LogP contribution in [-0.4, -0.2) is 57.1 Å². The highest BCUT2D eigenvalue weighted by Crippen LogP contribution is 2.27. The van der Waals surface area contributed by atoms with Crippen molar-refractivity contribution in [1.29, 1.82) is 0 Å². The van der Waals surface area contributed by atoms with Crippen molar-refractivity contribution in [2.45, 2.75) is 44.6 Å². The lowest BCUT2D eigenvalue weighted by Gasteiger charge is -2.20. The van der Waals surface area contributed by atoms with Gasteiger partial charge in [-0.3, -0.25) is 0 Å². The van der Waals surface area contributed by atoms with Gasteiger partial charge in [-0.2, -0.15) is 0 Å². The summed E-state index contributed by atoms with van der Waals surface area (Å²) in [6.45, 7) is 6.30. The van der Waals surface area contributed by atoms with E-state index in [1.165, 1.54) is 0 Å². The van der Waals surface area contributed by atoms with E-state index in [9.17, 15) is 25.2 Å². The molecule has 1 fully saturated rings. The maximum Gasteiger partial charge on any atom is 0.332 e. The molecule has 0 aromatic carbocycles. The van der Waals surface area contributed by atoms with Gasteiger partial charge in [-0.05, 0) is 19.4 Å². The number of ether oxygens (including phenoxy) is 2. The molecular weight excluding hydrogens is 256 g/mol. The van der Waals surface area contributed by atoms with Gasteiger partial charge in [0.1, 0.15) is 30.2 Å². The highest BCUT2D eigenvalue weighted by Gasteiger charge is 2.48. The Kier molecular flexibility index (Phi) is 5.07. The number of allylic oxidation sites excluding steroid dienone is 1. The Balaban J connectivity index is 2.81. The Morgan fingerprint density at radius 1 is 1.37 bits per heavy atom. The van der Waals surface area contributed by atoms with E-state index < -0.39 is 36.7 Å². The summed E-state index contributed by atoms with van der Waals surface area (Å²) in [5.41, 5.74) is 0.435. The molecule has 0 aromatic heterocycles. The SMILES string of the molecule is C=CC(=O)OC1O[C@H]([C@H](O)C(O)=C(C)C)[C@H](O)[C@H]1O. The zero-order valence-electron chi connectivity index (χ0n) is 10.7. The van der Waals surface area contributed by atoms with Crippen molar-refractivity contribution < 1.29 is 34.7 Å². The zero-order chi connectivity index (χ0) is 14.7. The van der Waals surface area contributed by atoms with Crippen molar-refractivity contribution in [2.24, 2.45) is 0 Å². The largest absolute Gasteiger partial charge is 0.510 e. The lowest BCUT2D eigenvalue weighted by molar-refractivity contribution is -0.188. The van der Waals surface area contributed by atoms with Gasteiger partial charge in [0.2, 0.25) is 6.29 Å². The normalized spacial score (nSPS) is 31.6. The summed E-state index contributed by atoms with van der Waals surface area (Å²) < 4.78 is 9.72. The van der Waals surface area contributed by atoms with Crippen LogP contribution in [0.3, 0.4) is 0 Å². The second kappa shape index (κ2) is 6.16. The van der Waals surface area contributed by atoms with Gasteiger partial charge in [0.15, 0.2) is 0 Å². The van der Waals surface area contributed by atoms with Crippen molar-refractivity contribution in [3.05, 3.63) is 24.0 Å². The van der Waals surface area contributed by atoms with Gasteiger partial charge < -0.3 is 29.9 Å². The molecule has 4 N–H and O–H groups in total. The second-order valence-corrected chi connectivity index (χ2v) is 4.42. The first-order chi connectivity index (χ1) is 8.79. The molecule has 1 unspecified atom stereocenters. The average Bonchev–Trinajstić information content (AvgIpc) is 2.65. The van der Waals surface area contributed by atoms with Crippen LogP contribution in [-0.2, 0) is 14.3 Å². The Morgan fingerprint density at radius 3 is 2.42 bits per heavy atom. The maximum absolute atomic E-state index is 11.0. The highest BCUT2D eigenvalue weighted by molar-refractivity contribution is 5.81. The molecule has 19 heavy (non-hydrogen) atoms. The van der Waals surface area contributed by atoms with E-state index in [0.29, 0.717) is 5.57 Å². The summed E-state index contributed by atoms with van der Waals surface area (Å²) in [6.07, 6.45) is -6.40. The minimum Gasteiger partial charge on any atom is -0.510 e. The number of aliphatic hydroxyl groups is 4. The summed E-state index contributed by atoms with van der Waals surface area (Å²) in [6, 6.07) is 0. The molecule has 1 rings (SSSR count). The van der Waals surface area contributed by atoms with Crippen LogP contribution >= 0.6 is 0 Å². The molecule has 0 aromatic rings. The minimum absolute atomic E-state index is 0.369. The lowest BCUT2D eigenvalue weighted by Crippen LogP contribution is -2.40. The van der Waals surface area contributed by atoms with Crippen molar-refractivity contribution in [1.82, 2.24) is 0 Å². The molecule has 7 heteroatoms. The molecule has 1 saturated heterocycles. The molecule has 1 aliphatic rings. The number of rotatable bonds is 4. The third-order valence-electron chi connectivity index (χ3n) is 2.76. The topological polar surface area (TPSA) is 116 Å². The first kappa shape index (κ1) is 15.6. The Hall–Kier alpha value is -1.41. The summed E-state index contributed by atoms with van der Waals surface area (Å²) in [5.74, 6) is -1.20. The van der Waals surface area contributed by atoms with E-state index in [2.05, 4.69) is 11.3 Å². The van der Waals surface area contributed by atoms with Gasteiger partial charge in [-0.15, -0.1) is 0 Å². The molecule has 1 heterocycles. The van der Waals surface area contributed by atoms with E-state index in [1.807, 2.05) is 0 Å². The fourth-order valence-electron chi connectivity index (χ4n) is 1.64. The summed E-state index contributed by atoms with van der Waals surface area (Å²) in [4.78, 5) is 11.0. The van der Waals surface area contributed by atoms with Crippen LogP contribution < -0.4 is 0 Å². The number of esters is 1. The minimum atomic E-state index is -1.53. The van der Waals surface area contributed by atoms with Crippen LogP contribution in [0.15, 0.2) is 24.0 Å². The van der Waals surface area contributed by atoms with Gasteiger partial charge >= 0.3 is 5.97 Å². The van der Waals surface area contributed by atoms with Crippen LogP contribution in [0.1, 0.15) is 13.8 Å². The van der Waals surface area contributed by atoms with Crippen LogP contribution in [0.2, 0.25) is 0 Å². The van der Waals surface area contributed by atoms with E-state index in [4.69, 9.17) is 4.74 Å². The maximum atomic E-state index is 11.0. The van der Waals surface area contributed by atoms with Crippen LogP contribution in [0.4, 0.5) is 0 Å². The summed E-state index contributed by atoms with van der Waals surface area (Å²) in [5, 5.41) is 38.8. The third-order valence-corrected chi connectivity index (χ3v) is 2.76. The summed E-state index contributed by atoms with van der Waals surface area (Å²) >= 11 is 0. The van der Waals surface area contributed by atoms with E-state index in [-0.39, 0.29) is 5.76 Å². The second-order valence-electron chi connectivity index (χ2n) is 4.42. The van der Waals surface area contributed by atoms with Crippen molar-refractivity contribution in [3.8, 4) is 0 Å². The highest BCUT2D eigenvalue weighted by atomic mass is 16.7. The summed E-state index contributed by atoms with van der Waals surface area (Å²) in [7, 11) is 0. The number of hydrogen-bond acceptors (Lipinski definition) is 7. The van der Waals surface area contributed by atoms with Gasteiger partial charge in [-0.1, -0.05) is 6.58 Å². The van der Waals surface area contributed by atoms with Crippen LogP contribution in [0, 0.1) is 0 Å². The molecule has 0 spiro atoms. The molecule has 0 amide bonds. The molecule has 0 radical (unpaired) electrons. The van der Waals surface area contributed by atoms with Gasteiger partial charge in [0.25, 0.3) is 0 Å². The third kappa shape index (κ3) is 3.32. The lowest BCUT2D eigenvalue weighted by atomic mass is 10.0. The number of aliphatic hydroxyl groups excluding tert-OH is 4. The van der Waals surface area contributed by atoms with Crippen LogP contribution in [0.25, 0.3) is 0 Å². The average molecular weight is 274 g/mol. The predicted molar refractivity (Wildman–Crippen MR) is 64.0 cm³/mol. The first-order valence-corrected chi connectivity index (χ1v) is 5.68. The molecular formula is C12H18O7. The first-order valence-electron chi connectivity index (χ1n) is 5.68. The van der Waals surface area contributed by atoms with Crippen molar-refractivity contribution >= 4 is 5.97 Å². The zero-order valence-corrected chi connectivity index (χ0v) is 10.7. The quantitative estimate of drug-likeness (QED) is 0.306. The Bertz CT molecular complexity index is 386. The van der Waals surface area contributed by atoms with Crippen molar-refractivity contribution in [3.63, 3.8) is 0 Å². The molecule has 7 nitrogen and oxygen atoms in total. The van der Waals surface area contributed by atoms with Gasteiger partial charge in [0, 0.05) is 6.08 Å².